The second-order valence-corrected chi connectivity index (χ2v) is 5.84. The molecule has 5 heteroatoms. The lowest BCUT2D eigenvalue weighted by atomic mass is 10.1. The summed E-state index contributed by atoms with van der Waals surface area (Å²) in [4.78, 5) is 16.2. The Balaban J connectivity index is 1.87. The summed E-state index contributed by atoms with van der Waals surface area (Å²) in [7, 11) is 0. The lowest BCUT2D eigenvalue weighted by molar-refractivity contribution is 0.0949. The van der Waals surface area contributed by atoms with Gasteiger partial charge in [0.1, 0.15) is 11.6 Å². The number of nitrogens with zero attached hydrogens (tertiary/aromatic N) is 1. The van der Waals surface area contributed by atoms with Crippen LogP contribution in [0.1, 0.15) is 29.8 Å². The lowest BCUT2D eigenvalue weighted by Crippen LogP contribution is -2.27. The number of hydrogen-bond donors (Lipinski definition) is 2. The molecule has 0 saturated carbocycles. The Hall–Kier alpha value is -2.43. The Morgan fingerprint density at radius 2 is 1.96 bits per heavy atom. The van der Waals surface area contributed by atoms with Gasteiger partial charge in [-0.2, -0.15) is 0 Å². The van der Waals surface area contributed by atoms with Crippen LogP contribution in [0, 0.1) is 11.7 Å². The second-order valence-electron chi connectivity index (χ2n) is 5.84. The molecule has 1 aromatic heterocycles. The van der Waals surface area contributed by atoms with Crippen molar-refractivity contribution in [3.8, 4) is 0 Å². The van der Waals surface area contributed by atoms with E-state index >= 15 is 0 Å². The maximum atomic E-state index is 12.8. The summed E-state index contributed by atoms with van der Waals surface area (Å²) in [6, 6.07) is 9.86. The minimum atomic E-state index is -0.233. The van der Waals surface area contributed by atoms with Gasteiger partial charge in [-0.25, -0.2) is 9.37 Å². The van der Waals surface area contributed by atoms with Gasteiger partial charge in [-0.3, -0.25) is 4.79 Å². The van der Waals surface area contributed by atoms with Gasteiger partial charge >= 0.3 is 0 Å². The molecule has 2 aromatic rings. The molecule has 0 atom stereocenters. The number of rotatable bonds is 7. The summed E-state index contributed by atoms with van der Waals surface area (Å²) in [6.45, 7) is 5.41. The summed E-state index contributed by atoms with van der Waals surface area (Å²) < 4.78 is 12.8. The SMILES string of the molecule is CC(C)CNC(=O)c1ccnc(NCCc2ccc(F)cc2)c1. The maximum Gasteiger partial charge on any atom is 0.251 e. The average molecular weight is 315 g/mol. The topological polar surface area (TPSA) is 54.0 Å². The van der Waals surface area contributed by atoms with Crippen LogP contribution in [-0.4, -0.2) is 24.0 Å². The molecule has 1 heterocycles. The molecule has 23 heavy (non-hydrogen) atoms. The first kappa shape index (κ1) is 16.9. The molecule has 0 radical (unpaired) electrons. The van der Waals surface area contributed by atoms with Gasteiger partial charge in [0.15, 0.2) is 0 Å². The molecule has 0 fully saturated rings. The van der Waals surface area contributed by atoms with Gasteiger partial charge in [0.05, 0.1) is 0 Å². The molecule has 0 aliphatic carbocycles. The van der Waals surface area contributed by atoms with Gasteiger partial charge in [-0.05, 0) is 42.2 Å². The number of benzene rings is 1. The molecule has 0 bridgehead atoms. The van der Waals surface area contributed by atoms with Crippen molar-refractivity contribution in [1.29, 1.82) is 0 Å². The zero-order chi connectivity index (χ0) is 16.7. The highest BCUT2D eigenvalue weighted by atomic mass is 19.1. The maximum absolute atomic E-state index is 12.8. The molecular formula is C18H22FN3O. The van der Waals surface area contributed by atoms with E-state index < -0.39 is 0 Å². The summed E-state index contributed by atoms with van der Waals surface area (Å²) in [5, 5.41) is 6.07. The zero-order valence-corrected chi connectivity index (χ0v) is 13.5. The smallest absolute Gasteiger partial charge is 0.251 e. The van der Waals surface area contributed by atoms with Crippen LogP contribution in [0.5, 0.6) is 0 Å². The van der Waals surface area contributed by atoms with E-state index in [1.165, 1.54) is 12.1 Å². The summed E-state index contributed by atoms with van der Waals surface area (Å²) >= 11 is 0. The Morgan fingerprint density at radius 1 is 1.22 bits per heavy atom. The predicted molar refractivity (Wildman–Crippen MR) is 90.0 cm³/mol. The average Bonchev–Trinajstić information content (AvgIpc) is 2.55. The first-order valence-electron chi connectivity index (χ1n) is 7.77. The molecule has 2 N–H and O–H groups in total. The van der Waals surface area contributed by atoms with Crippen LogP contribution in [0.25, 0.3) is 0 Å². The van der Waals surface area contributed by atoms with Crippen molar-refractivity contribution >= 4 is 11.7 Å². The zero-order valence-electron chi connectivity index (χ0n) is 13.5. The Labute approximate surface area is 136 Å². The van der Waals surface area contributed by atoms with Crippen LogP contribution >= 0.6 is 0 Å². The highest BCUT2D eigenvalue weighted by molar-refractivity contribution is 5.94. The van der Waals surface area contributed by atoms with Crippen molar-refractivity contribution < 1.29 is 9.18 Å². The molecule has 2 rings (SSSR count). The van der Waals surface area contributed by atoms with Crippen LogP contribution in [0.2, 0.25) is 0 Å². The number of nitrogens with one attached hydrogen (secondary N) is 2. The number of carbonyl (C=O) groups is 1. The van der Waals surface area contributed by atoms with Crippen molar-refractivity contribution in [3.63, 3.8) is 0 Å². The molecule has 0 spiro atoms. The number of anilines is 1. The van der Waals surface area contributed by atoms with E-state index in [1.54, 1.807) is 30.5 Å². The Bertz CT molecular complexity index is 641. The largest absolute Gasteiger partial charge is 0.370 e. The van der Waals surface area contributed by atoms with E-state index in [1.807, 2.05) is 0 Å². The normalized spacial score (nSPS) is 10.6. The fraction of sp³-hybridized carbons (Fsp3) is 0.333. The van der Waals surface area contributed by atoms with Crippen LogP contribution in [0.4, 0.5) is 10.2 Å². The first-order valence-corrected chi connectivity index (χ1v) is 7.77. The second kappa shape index (κ2) is 8.27. The third-order valence-corrected chi connectivity index (χ3v) is 3.33. The van der Waals surface area contributed by atoms with Crippen molar-refractivity contribution in [2.45, 2.75) is 20.3 Å². The highest BCUT2D eigenvalue weighted by Crippen LogP contribution is 2.08. The third-order valence-electron chi connectivity index (χ3n) is 3.33. The van der Waals surface area contributed by atoms with Gasteiger partial charge in [0, 0.05) is 24.8 Å². The van der Waals surface area contributed by atoms with Crippen LogP contribution < -0.4 is 10.6 Å². The standard InChI is InChI=1S/C18H22FN3O/c1-13(2)12-22-18(23)15-8-10-21-17(11-15)20-9-7-14-3-5-16(19)6-4-14/h3-6,8,10-11,13H,7,9,12H2,1-2H3,(H,20,21)(H,22,23). The monoisotopic (exact) mass is 315 g/mol. The van der Waals surface area contributed by atoms with Crippen molar-refractivity contribution in [2.24, 2.45) is 5.92 Å². The molecule has 0 saturated heterocycles. The van der Waals surface area contributed by atoms with Gasteiger partial charge in [0.25, 0.3) is 5.91 Å². The quantitative estimate of drug-likeness (QED) is 0.824. The fourth-order valence-corrected chi connectivity index (χ4v) is 2.05. The van der Waals surface area contributed by atoms with Crippen LogP contribution in [0.3, 0.4) is 0 Å². The van der Waals surface area contributed by atoms with E-state index in [-0.39, 0.29) is 11.7 Å². The molecule has 0 unspecified atom stereocenters. The number of halogens is 1. The minimum Gasteiger partial charge on any atom is -0.370 e. The molecule has 0 aliphatic heterocycles. The fourth-order valence-electron chi connectivity index (χ4n) is 2.05. The number of carbonyl (C=O) groups excluding carboxylic acids is 1. The van der Waals surface area contributed by atoms with Gasteiger partial charge in [-0.1, -0.05) is 26.0 Å². The molecule has 4 nitrogen and oxygen atoms in total. The molecule has 1 aromatic carbocycles. The van der Waals surface area contributed by atoms with E-state index in [0.29, 0.717) is 30.4 Å². The van der Waals surface area contributed by atoms with Crippen LogP contribution in [0.15, 0.2) is 42.6 Å². The number of pyridine rings is 1. The number of aromatic nitrogens is 1. The predicted octanol–water partition coefficient (Wildman–Crippen LogP) is 3.26. The first-order chi connectivity index (χ1) is 11.0. The summed E-state index contributed by atoms with van der Waals surface area (Å²) in [5.74, 6) is 0.740. The highest BCUT2D eigenvalue weighted by Gasteiger charge is 2.07. The van der Waals surface area contributed by atoms with E-state index in [2.05, 4.69) is 29.5 Å². The van der Waals surface area contributed by atoms with Crippen LogP contribution in [-0.2, 0) is 6.42 Å². The number of hydrogen-bond acceptors (Lipinski definition) is 3. The minimum absolute atomic E-state index is 0.0947. The third kappa shape index (κ3) is 5.70. The lowest BCUT2D eigenvalue weighted by Gasteiger charge is -2.09. The van der Waals surface area contributed by atoms with Gasteiger partial charge < -0.3 is 10.6 Å². The Kier molecular flexibility index (Phi) is 6.09. The van der Waals surface area contributed by atoms with E-state index in [0.717, 1.165) is 12.0 Å². The van der Waals surface area contributed by atoms with E-state index in [9.17, 15) is 9.18 Å². The van der Waals surface area contributed by atoms with Gasteiger partial charge in [-0.15, -0.1) is 0 Å². The summed E-state index contributed by atoms with van der Waals surface area (Å²) in [6.07, 6.45) is 2.37. The van der Waals surface area contributed by atoms with Crippen molar-refractivity contribution in [3.05, 3.63) is 59.5 Å². The Morgan fingerprint density at radius 3 is 2.65 bits per heavy atom. The van der Waals surface area contributed by atoms with Crippen molar-refractivity contribution in [1.82, 2.24) is 10.3 Å². The number of amides is 1. The molecular weight excluding hydrogens is 293 g/mol. The van der Waals surface area contributed by atoms with Gasteiger partial charge in [0.2, 0.25) is 0 Å². The molecule has 1 amide bonds. The molecule has 0 aliphatic rings. The van der Waals surface area contributed by atoms with E-state index in [4.69, 9.17) is 0 Å². The summed E-state index contributed by atoms with van der Waals surface area (Å²) in [5.41, 5.74) is 1.63. The van der Waals surface area contributed by atoms with Crippen molar-refractivity contribution in [2.75, 3.05) is 18.4 Å². The molecule has 122 valence electrons.